The van der Waals surface area contributed by atoms with E-state index >= 15 is 0 Å². The van der Waals surface area contributed by atoms with Crippen molar-refractivity contribution in [3.05, 3.63) is 45.1 Å². The van der Waals surface area contributed by atoms with Gasteiger partial charge in [0, 0.05) is 20.2 Å². The van der Waals surface area contributed by atoms with E-state index in [1.807, 2.05) is 13.8 Å². The van der Waals surface area contributed by atoms with E-state index in [0.29, 0.717) is 25.5 Å². The summed E-state index contributed by atoms with van der Waals surface area (Å²) in [6.45, 7) is 5.02. The summed E-state index contributed by atoms with van der Waals surface area (Å²) < 4.78 is 17.4. The van der Waals surface area contributed by atoms with E-state index in [0.717, 1.165) is 0 Å². The molecular weight excluding hydrogens is 380 g/mol. The second-order valence-corrected chi connectivity index (χ2v) is 6.89. The minimum absolute atomic E-state index is 0.0781. The lowest BCUT2D eigenvalue weighted by Gasteiger charge is -2.25. The van der Waals surface area contributed by atoms with Crippen LogP contribution < -0.4 is 21.9 Å². The number of aromatic amines is 1. The van der Waals surface area contributed by atoms with Gasteiger partial charge in [-0.3, -0.25) is 14.3 Å². The molecule has 11 nitrogen and oxygen atoms in total. The third-order valence-electron chi connectivity index (χ3n) is 4.17. The van der Waals surface area contributed by atoms with E-state index in [-0.39, 0.29) is 35.7 Å². The maximum atomic E-state index is 12.6. The highest BCUT2D eigenvalue weighted by Gasteiger charge is 2.22. The predicted octanol–water partition coefficient (Wildman–Crippen LogP) is 1.07. The van der Waals surface area contributed by atoms with Crippen LogP contribution >= 0.6 is 0 Å². The second-order valence-electron chi connectivity index (χ2n) is 6.89. The van der Waals surface area contributed by atoms with Crippen molar-refractivity contribution >= 4 is 11.5 Å². The normalized spacial score (nSPS) is 11.3. The van der Waals surface area contributed by atoms with Crippen molar-refractivity contribution < 1.29 is 13.6 Å². The molecule has 0 fully saturated rings. The van der Waals surface area contributed by atoms with Crippen LogP contribution in [0.25, 0.3) is 11.7 Å². The third-order valence-corrected chi connectivity index (χ3v) is 4.17. The molecule has 0 atom stereocenters. The fraction of sp³-hybridized carbons (Fsp3) is 0.444. The average Bonchev–Trinajstić information content (AvgIpc) is 3.34. The Morgan fingerprint density at radius 2 is 2.14 bits per heavy atom. The highest BCUT2D eigenvalue weighted by Crippen LogP contribution is 2.22. The summed E-state index contributed by atoms with van der Waals surface area (Å²) in [5.74, 6) is 1.16. The Kier molecular flexibility index (Phi) is 6.17. The maximum Gasteiger partial charge on any atom is 0.330 e. The standard InChI is InChI=1S/C18H24N6O5/c1-11(2)9-24-15(19)14(16(25)20-18(24)26)23(6-8-27-3)10-13-21-22-17(29-13)12-5-4-7-28-12/h4-5,7,11H,6,8-10,19H2,1-3H3,(H,20,25,26). The van der Waals surface area contributed by atoms with Crippen molar-refractivity contribution in [3.8, 4) is 11.7 Å². The molecule has 156 valence electrons. The quantitative estimate of drug-likeness (QED) is 0.534. The van der Waals surface area contributed by atoms with Gasteiger partial charge < -0.3 is 24.2 Å². The molecule has 0 spiro atoms. The Hall–Kier alpha value is -3.34. The van der Waals surface area contributed by atoms with Crippen molar-refractivity contribution in [2.75, 3.05) is 30.9 Å². The first kappa shape index (κ1) is 20.4. The van der Waals surface area contributed by atoms with E-state index < -0.39 is 11.2 Å². The van der Waals surface area contributed by atoms with Crippen LogP contribution in [-0.4, -0.2) is 40.0 Å². The first-order valence-electron chi connectivity index (χ1n) is 9.13. The number of nitrogens with zero attached hydrogens (tertiary/aromatic N) is 4. The van der Waals surface area contributed by atoms with Gasteiger partial charge in [-0.05, 0) is 18.1 Å². The molecule has 0 amide bonds. The zero-order valence-corrected chi connectivity index (χ0v) is 16.5. The molecular formula is C18H24N6O5. The largest absolute Gasteiger partial charge is 0.459 e. The fourth-order valence-corrected chi connectivity index (χ4v) is 2.88. The van der Waals surface area contributed by atoms with Gasteiger partial charge in [-0.25, -0.2) is 4.79 Å². The van der Waals surface area contributed by atoms with E-state index in [4.69, 9.17) is 19.3 Å². The Morgan fingerprint density at radius 3 is 2.79 bits per heavy atom. The highest BCUT2D eigenvalue weighted by molar-refractivity contribution is 5.62. The van der Waals surface area contributed by atoms with Gasteiger partial charge in [0.25, 0.3) is 11.4 Å². The van der Waals surface area contributed by atoms with Crippen molar-refractivity contribution in [2.45, 2.75) is 26.9 Å². The minimum atomic E-state index is -0.589. The molecule has 0 aliphatic heterocycles. The summed E-state index contributed by atoms with van der Waals surface area (Å²) in [5.41, 5.74) is 5.24. The number of ether oxygens (including phenoxy) is 1. The minimum Gasteiger partial charge on any atom is -0.459 e. The van der Waals surface area contributed by atoms with Gasteiger partial charge in [0.2, 0.25) is 5.89 Å². The zero-order chi connectivity index (χ0) is 21.0. The molecule has 0 bridgehead atoms. The first-order chi connectivity index (χ1) is 13.9. The number of nitrogen functional groups attached to an aromatic ring is 1. The molecule has 0 saturated carbocycles. The molecule has 3 rings (SSSR count). The summed E-state index contributed by atoms with van der Waals surface area (Å²) in [7, 11) is 1.55. The molecule has 0 unspecified atom stereocenters. The average molecular weight is 404 g/mol. The van der Waals surface area contributed by atoms with Crippen LogP contribution in [0.4, 0.5) is 11.5 Å². The zero-order valence-electron chi connectivity index (χ0n) is 16.5. The molecule has 0 aliphatic carbocycles. The van der Waals surface area contributed by atoms with Gasteiger partial charge in [0.15, 0.2) is 5.76 Å². The lowest BCUT2D eigenvalue weighted by molar-refractivity contribution is 0.204. The molecule has 3 aromatic heterocycles. The van der Waals surface area contributed by atoms with Crippen molar-refractivity contribution in [3.63, 3.8) is 0 Å². The summed E-state index contributed by atoms with van der Waals surface area (Å²) >= 11 is 0. The van der Waals surface area contributed by atoms with Crippen LogP contribution in [0.3, 0.4) is 0 Å². The van der Waals surface area contributed by atoms with Crippen molar-refractivity contribution in [2.24, 2.45) is 5.92 Å². The number of H-pyrrole nitrogens is 1. The second kappa shape index (κ2) is 8.78. The Bertz CT molecular complexity index is 1050. The number of aromatic nitrogens is 4. The van der Waals surface area contributed by atoms with E-state index in [1.165, 1.54) is 10.8 Å². The lowest BCUT2D eigenvalue weighted by Crippen LogP contribution is -2.40. The summed E-state index contributed by atoms with van der Waals surface area (Å²) in [6.07, 6.45) is 1.50. The molecule has 11 heteroatoms. The number of anilines is 2. The Balaban J connectivity index is 1.97. The Morgan fingerprint density at radius 1 is 1.34 bits per heavy atom. The van der Waals surface area contributed by atoms with Crippen LogP contribution in [0.2, 0.25) is 0 Å². The number of hydrogen-bond acceptors (Lipinski definition) is 9. The SMILES string of the molecule is COCCN(Cc1nnc(-c2ccco2)o1)c1c(N)n(CC(C)C)c(=O)[nH]c1=O. The Labute approximate surface area is 166 Å². The number of nitrogens with one attached hydrogen (secondary N) is 1. The van der Waals surface area contributed by atoms with Crippen molar-refractivity contribution in [1.82, 2.24) is 19.7 Å². The third kappa shape index (κ3) is 4.57. The predicted molar refractivity (Wildman–Crippen MR) is 105 cm³/mol. The molecule has 3 N–H and O–H groups in total. The van der Waals surface area contributed by atoms with Gasteiger partial charge in [-0.2, -0.15) is 0 Å². The monoisotopic (exact) mass is 404 g/mol. The molecule has 29 heavy (non-hydrogen) atoms. The van der Waals surface area contributed by atoms with Gasteiger partial charge in [-0.15, -0.1) is 10.2 Å². The number of rotatable bonds is 9. The van der Waals surface area contributed by atoms with Crippen LogP contribution in [0.15, 0.2) is 36.8 Å². The number of hydrogen-bond donors (Lipinski definition) is 2. The number of furan rings is 1. The molecule has 3 aromatic rings. The van der Waals surface area contributed by atoms with Gasteiger partial charge in [0.1, 0.15) is 11.5 Å². The van der Waals surface area contributed by atoms with Crippen LogP contribution in [-0.2, 0) is 17.8 Å². The molecule has 3 heterocycles. The lowest BCUT2D eigenvalue weighted by atomic mass is 10.2. The number of nitrogens with two attached hydrogens (primary N) is 1. The molecule has 0 radical (unpaired) electrons. The summed E-state index contributed by atoms with van der Waals surface area (Å²) in [4.78, 5) is 28.8. The molecule has 0 aliphatic rings. The van der Waals surface area contributed by atoms with Crippen LogP contribution in [0, 0.1) is 5.92 Å². The van der Waals surface area contributed by atoms with Gasteiger partial charge >= 0.3 is 5.69 Å². The maximum absolute atomic E-state index is 12.6. The van der Waals surface area contributed by atoms with Crippen molar-refractivity contribution in [1.29, 1.82) is 0 Å². The smallest absolute Gasteiger partial charge is 0.330 e. The fourth-order valence-electron chi connectivity index (χ4n) is 2.88. The molecule has 0 aromatic carbocycles. The summed E-state index contributed by atoms with van der Waals surface area (Å²) in [6, 6.07) is 3.41. The number of methoxy groups -OCH3 is 1. The first-order valence-corrected chi connectivity index (χ1v) is 9.13. The van der Waals surface area contributed by atoms with E-state index in [2.05, 4.69) is 15.2 Å². The van der Waals surface area contributed by atoms with Crippen LogP contribution in [0.5, 0.6) is 0 Å². The highest BCUT2D eigenvalue weighted by atomic mass is 16.5. The topological polar surface area (TPSA) is 145 Å². The van der Waals surface area contributed by atoms with Crippen LogP contribution in [0.1, 0.15) is 19.7 Å². The summed E-state index contributed by atoms with van der Waals surface area (Å²) in [5, 5.41) is 7.97. The van der Waals surface area contributed by atoms with E-state index in [1.54, 1.807) is 24.1 Å². The van der Waals surface area contributed by atoms with Gasteiger partial charge in [-0.1, -0.05) is 13.8 Å². The van der Waals surface area contributed by atoms with Gasteiger partial charge in [0.05, 0.1) is 19.4 Å². The molecule has 0 saturated heterocycles. The van der Waals surface area contributed by atoms with E-state index in [9.17, 15) is 9.59 Å².